The molecule has 0 aliphatic heterocycles. The molecule has 0 saturated heterocycles. The summed E-state index contributed by atoms with van der Waals surface area (Å²) >= 11 is 0. The van der Waals surface area contributed by atoms with Gasteiger partial charge in [0, 0.05) is 0 Å². The van der Waals surface area contributed by atoms with Crippen LogP contribution in [0.3, 0.4) is 0 Å². The zero-order valence-corrected chi connectivity index (χ0v) is 6.84. The molecule has 3 heteroatoms. The maximum absolute atomic E-state index is 10.8. The minimum Gasteiger partial charge on any atom is -0.480 e. The molecule has 0 aromatic carbocycles. The number of hydrogen-bond acceptors (Lipinski definition) is 2. The van der Waals surface area contributed by atoms with Crippen LogP contribution in [0.25, 0.3) is 0 Å². The Morgan fingerprint density at radius 1 is 1.82 bits per heavy atom. The van der Waals surface area contributed by atoms with Gasteiger partial charge in [-0.15, -0.1) is 0 Å². The summed E-state index contributed by atoms with van der Waals surface area (Å²) in [5, 5.41) is 8.85. The van der Waals surface area contributed by atoms with Crippen molar-refractivity contribution in [2.24, 2.45) is 11.7 Å². The zero-order valence-electron chi connectivity index (χ0n) is 6.84. The summed E-state index contributed by atoms with van der Waals surface area (Å²) in [5.41, 5.74) is 4.84. The lowest BCUT2D eigenvalue weighted by molar-refractivity contribution is -0.144. The van der Waals surface area contributed by atoms with Crippen LogP contribution >= 0.6 is 0 Å². The first-order valence-corrected chi connectivity index (χ1v) is 4.13. The third kappa shape index (κ3) is 1.25. The molecule has 11 heavy (non-hydrogen) atoms. The molecule has 0 aromatic heterocycles. The van der Waals surface area contributed by atoms with E-state index in [1.165, 1.54) is 0 Å². The van der Waals surface area contributed by atoms with Gasteiger partial charge < -0.3 is 10.8 Å². The maximum Gasteiger partial charge on any atom is 0.323 e. The Labute approximate surface area is 66.6 Å². The lowest BCUT2D eigenvalue weighted by Gasteiger charge is -2.25. The largest absolute Gasteiger partial charge is 0.480 e. The van der Waals surface area contributed by atoms with E-state index >= 15 is 0 Å². The lowest BCUT2D eigenvalue weighted by Crippen LogP contribution is -2.50. The van der Waals surface area contributed by atoms with E-state index in [2.05, 4.69) is 0 Å². The molecule has 3 N–H and O–H groups in total. The fraction of sp³-hybridized carbons (Fsp3) is 0.875. The van der Waals surface area contributed by atoms with Crippen molar-refractivity contribution in [3.05, 3.63) is 0 Å². The van der Waals surface area contributed by atoms with E-state index in [1.807, 2.05) is 6.92 Å². The van der Waals surface area contributed by atoms with E-state index in [4.69, 9.17) is 10.8 Å². The Morgan fingerprint density at radius 3 is 2.82 bits per heavy atom. The van der Waals surface area contributed by atoms with Gasteiger partial charge in [-0.1, -0.05) is 19.8 Å². The molecule has 2 atom stereocenters. The molecule has 1 rings (SSSR count). The molecule has 3 nitrogen and oxygen atoms in total. The molecule has 0 aromatic rings. The number of rotatable bonds is 2. The molecule has 0 radical (unpaired) electrons. The molecule has 1 saturated carbocycles. The van der Waals surface area contributed by atoms with Crippen LogP contribution in [0.15, 0.2) is 0 Å². The van der Waals surface area contributed by atoms with Gasteiger partial charge in [0.25, 0.3) is 0 Å². The SMILES string of the molecule is CC[C@H]1CCC[C@@]1(N)C(=O)O. The van der Waals surface area contributed by atoms with Crippen LogP contribution in [0.2, 0.25) is 0 Å². The van der Waals surface area contributed by atoms with E-state index in [9.17, 15) is 4.79 Å². The summed E-state index contributed by atoms with van der Waals surface area (Å²) in [6, 6.07) is 0. The van der Waals surface area contributed by atoms with Crippen LogP contribution < -0.4 is 5.73 Å². The fourth-order valence-corrected chi connectivity index (χ4v) is 1.95. The topological polar surface area (TPSA) is 63.3 Å². The molecule has 1 fully saturated rings. The fourth-order valence-electron chi connectivity index (χ4n) is 1.95. The van der Waals surface area contributed by atoms with Gasteiger partial charge in [-0.05, 0) is 18.8 Å². The van der Waals surface area contributed by atoms with Crippen molar-refractivity contribution in [1.82, 2.24) is 0 Å². The van der Waals surface area contributed by atoms with Crippen molar-refractivity contribution in [3.63, 3.8) is 0 Å². The second kappa shape index (κ2) is 2.81. The van der Waals surface area contributed by atoms with Crippen LogP contribution in [0.5, 0.6) is 0 Å². The van der Waals surface area contributed by atoms with Gasteiger partial charge in [-0.25, -0.2) is 0 Å². The molecule has 1 aliphatic rings. The smallest absolute Gasteiger partial charge is 0.323 e. The van der Waals surface area contributed by atoms with Crippen molar-refractivity contribution in [3.8, 4) is 0 Å². The Hall–Kier alpha value is -0.570. The van der Waals surface area contributed by atoms with Gasteiger partial charge in [0.2, 0.25) is 0 Å². The molecule has 0 spiro atoms. The lowest BCUT2D eigenvalue weighted by atomic mass is 9.86. The highest BCUT2D eigenvalue weighted by Crippen LogP contribution is 2.35. The quantitative estimate of drug-likeness (QED) is 0.628. The van der Waals surface area contributed by atoms with Crippen LogP contribution in [-0.4, -0.2) is 16.6 Å². The highest BCUT2D eigenvalue weighted by atomic mass is 16.4. The summed E-state index contributed by atoms with van der Waals surface area (Å²) in [4.78, 5) is 10.8. The van der Waals surface area contributed by atoms with Crippen LogP contribution in [-0.2, 0) is 4.79 Å². The molecule has 0 bridgehead atoms. The van der Waals surface area contributed by atoms with Gasteiger partial charge in [0.05, 0.1) is 0 Å². The first kappa shape index (κ1) is 8.53. The van der Waals surface area contributed by atoms with E-state index in [1.54, 1.807) is 0 Å². The third-order valence-electron chi connectivity index (χ3n) is 2.76. The molecular formula is C8H15NO2. The molecular weight excluding hydrogens is 142 g/mol. The minimum absolute atomic E-state index is 0.181. The number of nitrogens with two attached hydrogens (primary N) is 1. The van der Waals surface area contributed by atoms with E-state index < -0.39 is 11.5 Å². The zero-order chi connectivity index (χ0) is 8.48. The minimum atomic E-state index is -0.922. The Morgan fingerprint density at radius 2 is 2.45 bits per heavy atom. The standard InChI is InChI=1S/C8H15NO2/c1-2-6-4-3-5-8(6,9)7(10)11/h6H,2-5,9H2,1H3,(H,10,11)/t6-,8-/m0/s1. The van der Waals surface area contributed by atoms with Crippen LogP contribution in [0.4, 0.5) is 0 Å². The van der Waals surface area contributed by atoms with Crippen molar-refractivity contribution in [2.45, 2.75) is 38.1 Å². The average molecular weight is 157 g/mol. The van der Waals surface area contributed by atoms with Crippen molar-refractivity contribution in [2.75, 3.05) is 0 Å². The highest BCUT2D eigenvalue weighted by molar-refractivity contribution is 5.79. The highest BCUT2D eigenvalue weighted by Gasteiger charge is 2.44. The predicted octanol–water partition coefficient (Wildman–Crippen LogP) is 0.979. The second-order valence-corrected chi connectivity index (χ2v) is 3.34. The Bertz CT molecular complexity index is 169. The van der Waals surface area contributed by atoms with Crippen molar-refractivity contribution >= 4 is 5.97 Å². The van der Waals surface area contributed by atoms with Crippen LogP contribution in [0, 0.1) is 5.92 Å². The van der Waals surface area contributed by atoms with Gasteiger partial charge in [0.15, 0.2) is 0 Å². The summed E-state index contributed by atoms with van der Waals surface area (Å²) in [5.74, 6) is -0.651. The van der Waals surface area contributed by atoms with Gasteiger partial charge >= 0.3 is 5.97 Å². The van der Waals surface area contributed by atoms with Gasteiger partial charge in [-0.2, -0.15) is 0 Å². The Balaban J connectivity index is 2.75. The summed E-state index contributed by atoms with van der Waals surface area (Å²) in [6.07, 6.45) is 3.45. The van der Waals surface area contributed by atoms with Crippen LogP contribution in [0.1, 0.15) is 32.6 Å². The van der Waals surface area contributed by atoms with E-state index in [0.717, 1.165) is 19.3 Å². The number of carbonyl (C=O) groups is 1. The van der Waals surface area contributed by atoms with Gasteiger partial charge in [0.1, 0.15) is 5.54 Å². The average Bonchev–Trinajstić information content (AvgIpc) is 2.32. The molecule has 0 amide bonds. The molecule has 0 unspecified atom stereocenters. The number of aliphatic carboxylic acids is 1. The van der Waals surface area contributed by atoms with E-state index in [-0.39, 0.29) is 5.92 Å². The van der Waals surface area contributed by atoms with E-state index in [0.29, 0.717) is 6.42 Å². The molecule has 1 aliphatic carbocycles. The summed E-state index contributed by atoms with van der Waals surface area (Å²) < 4.78 is 0. The van der Waals surface area contributed by atoms with Crippen molar-refractivity contribution in [1.29, 1.82) is 0 Å². The third-order valence-corrected chi connectivity index (χ3v) is 2.76. The maximum atomic E-state index is 10.8. The predicted molar refractivity (Wildman–Crippen MR) is 42.2 cm³/mol. The normalized spacial score (nSPS) is 37.5. The molecule has 0 heterocycles. The van der Waals surface area contributed by atoms with Crippen molar-refractivity contribution < 1.29 is 9.90 Å². The number of carboxylic acid groups (broad SMARTS) is 1. The summed E-state index contributed by atoms with van der Waals surface area (Å²) in [7, 11) is 0. The van der Waals surface area contributed by atoms with Gasteiger partial charge in [-0.3, -0.25) is 4.79 Å². The monoisotopic (exact) mass is 157 g/mol. The first-order chi connectivity index (χ1) is 5.11. The second-order valence-electron chi connectivity index (χ2n) is 3.34. The summed E-state index contributed by atoms with van der Waals surface area (Å²) in [6.45, 7) is 2.00. The Kier molecular flexibility index (Phi) is 2.18. The number of hydrogen-bond donors (Lipinski definition) is 2. The number of carboxylic acids is 1. The molecule has 64 valence electrons. The first-order valence-electron chi connectivity index (χ1n) is 4.13.